The maximum Gasteiger partial charge on any atom is 0.193 e. The minimum absolute atomic E-state index is 0. The van der Waals surface area contributed by atoms with Gasteiger partial charge < -0.3 is 10.2 Å². The zero-order valence-corrected chi connectivity index (χ0v) is 18.6. The van der Waals surface area contributed by atoms with E-state index in [-0.39, 0.29) is 24.0 Å². The van der Waals surface area contributed by atoms with E-state index in [9.17, 15) is 0 Å². The minimum atomic E-state index is 0. The van der Waals surface area contributed by atoms with Crippen LogP contribution in [0.5, 0.6) is 0 Å². The average molecular weight is 466 g/mol. The van der Waals surface area contributed by atoms with Crippen LogP contribution in [0.1, 0.15) is 45.4 Å². The molecule has 0 amide bonds. The lowest BCUT2D eigenvalue weighted by atomic mass is 9.94. The maximum atomic E-state index is 4.59. The third-order valence-electron chi connectivity index (χ3n) is 5.96. The smallest absolute Gasteiger partial charge is 0.193 e. The zero-order chi connectivity index (χ0) is 16.1. The molecule has 1 saturated carbocycles. The normalized spacial score (nSPS) is 28.5. The second-order valence-electron chi connectivity index (χ2n) is 7.63. The molecule has 0 radical (unpaired) electrons. The van der Waals surface area contributed by atoms with Crippen molar-refractivity contribution in [1.82, 2.24) is 15.1 Å². The maximum absolute atomic E-state index is 4.59. The van der Waals surface area contributed by atoms with Crippen LogP contribution in [0.15, 0.2) is 4.99 Å². The second-order valence-corrected chi connectivity index (χ2v) is 8.85. The van der Waals surface area contributed by atoms with Crippen LogP contribution in [0.4, 0.5) is 0 Å². The Bertz CT molecular complexity index is 406. The molecule has 24 heavy (non-hydrogen) atoms. The lowest BCUT2D eigenvalue weighted by molar-refractivity contribution is 0.106. The van der Waals surface area contributed by atoms with Crippen LogP contribution in [0.2, 0.25) is 0 Å². The first-order valence-corrected chi connectivity index (χ1v) is 10.7. The number of piperidine rings is 1. The number of guanidine groups is 1. The molecule has 2 saturated heterocycles. The third-order valence-corrected chi connectivity index (χ3v) is 6.90. The van der Waals surface area contributed by atoms with Gasteiger partial charge in [0, 0.05) is 56.8 Å². The molecule has 0 aromatic rings. The number of rotatable bonds is 3. The van der Waals surface area contributed by atoms with Crippen molar-refractivity contribution in [2.24, 2.45) is 10.9 Å². The van der Waals surface area contributed by atoms with Gasteiger partial charge >= 0.3 is 0 Å². The highest BCUT2D eigenvalue weighted by molar-refractivity contribution is 14.0. The van der Waals surface area contributed by atoms with E-state index >= 15 is 0 Å². The summed E-state index contributed by atoms with van der Waals surface area (Å²) in [6.45, 7) is 8.31. The highest BCUT2D eigenvalue weighted by atomic mass is 127. The van der Waals surface area contributed by atoms with Gasteiger partial charge in [0.05, 0.1) is 0 Å². The Morgan fingerprint density at radius 1 is 1.17 bits per heavy atom. The van der Waals surface area contributed by atoms with Crippen molar-refractivity contribution in [2.75, 3.05) is 51.3 Å². The molecule has 0 aromatic carbocycles. The Labute approximate surface area is 169 Å². The average Bonchev–Trinajstić information content (AvgIpc) is 3.06. The number of hydrogen-bond donors (Lipinski definition) is 1. The lowest BCUT2D eigenvalue weighted by Gasteiger charge is -2.44. The Morgan fingerprint density at radius 3 is 2.50 bits per heavy atom. The number of aliphatic imine (C=N–C) groups is 1. The molecular weight excluding hydrogens is 431 g/mol. The third kappa shape index (κ3) is 4.93. The first-order valence-electron chi connectivity index (χ1n) is 9.52. The fraction of sp³-hybridized carbons (Fsp3) is 0.944. The standard InChI is InChI=1S/C18H34N4S.HI/c1-16-6-5-9-21(14-16)17(19-2)20-15-18(7-3-4-8-18)22-10-12-23-13-11-22;/h16H,3-15H2,1-2H3,(H,19,20);1H. The van der Waals surface area contributed by atoms with E-state index in [1.54, 1.807) is 0 Å². The first kappa shape index (κ1) is 20.6. The van der Waals surface area contributed by atoms with Crippen LogP contribution in [0, 0.1) is 5.92 Å². The molecule has 4 nitrogen and oxygen atoms in total. The van der Waals surface area contributed by atoms with Gasteiger partial charge in [-0.05, 0) is 31.6 Å². The van der Waals surface area contributed by atoms with Crippen LogP contribution in [0.25, 0.3) is 0 Å². The molecule has 3 fully saturated rings. The van der Waals surface area contributed by atoms with Gasteiger partial charge in [-0.3, -0.25) is 9.89 Å². The highest BCUT2D eigenvalue weighted by Gasteiger charge is 2.40. The number of hydrogen-bond acceptors (Lipinski definition) is 3. The van der Waals surface area contributed by atoms with Gasteiger partial charge in [-0.1, -0.05) is 19.8 Å². The van der Waals surface area contributed by atoms with Crippen molar-refractivity contribution in [3.05, 3.63) is 0 Å². The molecule has 0 aromatic heterocycles. The Balaban J connectivity index is 0.00000208. The van der Waals surface area contributed by atoms with Crippen LogP contribution in [-0.2, 0) is 0 Å². The fourth-order valence-corrected chi connectivity index (χ4v) is 5.54. The van der Waals surface area contributed by atoms with Gasteiger partial charge in [0.2, 0.25) is 0 Å². The summed E-state index contributed by atoms with van der Waals surface area (Å²) in [6, 6.07) is 0. The number of thioether (sulfide) groups is 1. The summed E-state index contributed by atoms with van der Waals surface area (Å²) in [5.74, 6) is 4.54. The number of likely N-dealkylation sites (tertiary alicyclic amines) is 1. The highest BCUT2D eigenvalue weighted by Crippen LogP contribution is 2.36. The summed E-state index contributed by atoms with van der Waals surface area (Å²) in [4.78, 5) is 9.85. The molecule has 1 N–H and O–H groups in total. The lowest BCUT2D eigenvalue weighted by Crippen LogP contribution is -2.58. The van der Waals surface area contributed by atoms with Gasteiger partial charge in [0.25, 0.3) is 0 Å². The van der Waals surface area contributed by atoms with Crippen LogP contribution in [0.3, 0.4) is 0 Å². The van der Waals surface area contributed by atoms with Gasteiger partial charge in [0.1, 0.15) is 0 Å². The molecule has 1 atom stereocenters. The van der Waals surface area contributed by atoms with E-state index in [4.69, 9.17) is 0 Å². The van der Waals surface area contributed by atoms with E-state index in [0.29, 0.717) is 5.54 Å². The predicted molar refractivity (Wildman–Crippen MR) is 117 cm³/mol. The van der Waals surface area contributed by atoms with Crippen molar-refractivity contribution in [1.29, 1.82) is 0 Å². The largest absolute Gasteiger partial charge is 0.354 e. The minimum Gasteiger partial charge on any atom is -0.354 e. The molecule has 3 aliphatic rings. The molecule has 1 unspecified atom stereocenters. The summed E-state index contributed by atoms with van der Waals surface area (Å²) in [5.41, 5.74) is 0.387. The SMILES string of the molecule is CN=C(NCC1(N2CCSCC2)CCCC1)N1CCCC(C)C1.I. The predicted octanol–water partition coefficient (Wildman–Crippen LogP) is 3.27. The van der Waals surface area contributed by atoms with Crippen LogP contribution in [-0.4, -0.2) is 72.6 Å². The zero-order valence-electron chi connectivity index (χ0n) is 15.4. The van der Waals surface area contributed by atoms with Crippen LogP contribution >= 0.6 is 35.7 Å². The first-order chi connectivity index (χ1) is 11.2. The molecule has 2 heterocycles. The van der Waals surface area contributed by atoms with Crippen molar-refractivity contribution in [3.8, 4) is 0 Å². The topological polar surface area (TPSA) is 30.9 Å². The van der Waals surface area contributed by atoms with Crippen molar-refractivity contribution in [2.45, 2.75) is 51.0 Å². The monoisotopic (exact) mass is 466 g/mol. The number of nitrogens with zero attached hydrogens (tertiary/aromatic N) is 3. The van der Waals surface area contributed by atoms with E-state index in [2.05, 4.69) is 38.8 Å². The molecule has 3 rings (SSSR count). The number of halogens is 1. The summed E-state index contributed by atoms with van der Waals surface area (Å²) < 4.78 is 0. The van der Waals surface area contributed by atoms with Crippen LogP contribution < -0.4 is 5.32 Å². The summed E-state index contributed by atoms with van der Waals surface area (Å²) in [5, 5.41) is 3.77. The van der Waals surface area contributed by atoms with Gasteiger partial charge in [0.15, 0.2) is 5.96 Å². The van der Waals surface area contributed by atoms with E-state index in [0.717, 1.165) is 31.5 Å². The van der Waals surface area contributed by atoms with Crippen molar-refractivity contribution >= 4 is 41.7 Å². The molecule has 0 spiro atoms. The van der Waals surface area contributed by atoms with Crippen molar-refractivity contribution in [3.63, 3.8) is 0 Å². The summed E-state index contributed by atoms with van der Waals surface area (Å²) >= 11 is 2.11. The van der Waals surface area contributed by atoms with Gasteiger partial charge in [-0.2, -0.15) is 11.8 Å². The summed E-state index contributed by atoms with van der Waals surface area (Å²) in [7, 11) is 1.94. The Kier molecular flexibility index (Phi) is 8.47. The Hall–Kier alpha value is 0.310. The van der Waals surface area contributed by atoms with Crippen molar-refractivity contribution < 1.29 is 0 Å². The molecule has 6 heteroatoms. The van der Waals surface area contributed by atoms with Gasteiger partial charge in [-0.15, -0.1) is 24.0 Å². The Morgan fingerprint density at radius 2 is 1.88 bits per heavy atom. The molecule has 140 valence electrons. The van der Waals surface area contributed by atoms with Gasteiger partial charge in [-0.25, -0.2) is 0 Å². The fourth-order valence-electron chi connectivity index (χ4n) is 4.63. The summed E-state index contributed by atoms with van der Waals surface area (Å²) in [6.07, 6.45) is 8.17. The number of nitrogens with one attached hydrogen (secondary N) is 1. The molecule has 1 aliphatic carbocycles. The van der Waals surface area contributed by atoms with E-state index in [1.165, 1.54) is 63.1 Å². The second kappa shape index (κ2) is 9.86. The molecule has 0 bridgehead atoms. The molecule has 2 aliphatic heterocycles. The quantitative estimate of drug-likeness (QED) is 0.393. The van der Waals surface area contributed by atoms with E-state index in [1.807, 2.05) is 7.05 Å². The molecular formula is C18H35IN4S. The van der Waals surface area contributed by atoms with E-state index < -0.39 is 0 Å².